The van der Waals surface area contributed by atoms with Crippen LogP contribution in [0.4, 0.5) is 18.9 Å². The second kappa shape index (κ2) is 9.45. The van der Waals surface area contributed by atoms with Crippen LogP contribution >= 0.6 is 11.6 Å². The quantitative estimate of drug-likeness (QED) is 0.698. The summed E-state index contributed by atoms with van der Waals surface area (Å²) >= 11 is 5.95. The number of anilines is 1. The lowest BCUT2D eigenvalue weighted by Crippen LogP contribution is -2.26. The Morgan fingerprint density at radius 2 is 1.79 bits per heavy atom. The summed E-state index contributed by atoms with van der Waals surface area (Å²) in [5.74, 6) is -1.17. The third-order valence-electron chi connectivity index (χ3n) is 3.56. The van der Waals surface area contributed by atoms with Crippen LogP contribution in [0.3, 0.4) is 0 Å². The van der Waals surface area contributed by atoms with Crippen molar-refractivity contribution in [3.63, 3.8) is 0 Å². The van der Waals surface area contributed by atoms with Crippen molar-refractivity contribution in [2.45, 2.75) is 26.1 Å². The first-order chi connectivity index (χ1) is 13.2. The van der Waals surface area contributed by atoms with E-state index in [-0.39, 0.29) is 29.3 Å². The van der Waals surface area contributed by atoms with E-state index in [1.165, 1.54) is 30.3 Å². The van der Waals surface area contributed by atoms with Gasteiger partial charge in [-0.05, 0) is 42.3 Å². The highest BCUT2D eigenvalue weighted by Gasteiger charge is 2.30. The monoisotopic (exact) mass is 414 g/mol. The van der Waals surface area contributed by atoms with Crippen LogP contribution in [0.25, 0.3) is 0 Å². The molecule has 2 amide bonds. The second-order valence-electron chi connectivity index (χ2n) is 5.86. The third-order valence-corrected chi connectivity index (χ3v) is 3.79. The molecule has 0 radical (unpaired) electrons. The maximum Gasteiger partial charge on any atom is 0.573 e. The standard InChI is InChI=1S/C19H18ClF3N2O3/c1-2-9-24-18(27)15-8-5-13(20)11-16(15)25-17(26)10-12-3-6-14(7-4-12)28-19(21,22)23/h3-8,11H,2,9-10H2,1H3,(H,24,27)(H,25,26). The summed E-state index contributed by atoms with van der Waals surface area (Å²) in [7, 11) is 0. The molecular formula is C19H18ClF3N2O3. The third kappa shape index (κ3) is 6.77. The lowest BCUT2D eigenvalue weighted by atomic mass is 10.1. The van der Waals surface area contributed by atoms with Crippen molar-refractivity contribution in [1.82, 2.24) is 5.32 Å². The highest BCUT2D eigenvalue weighted by atomic mass is 35.5. The summed E-state index contributed by atoms with van der Waals surface area (Å²) in [6.45, 7) is 2.40. The van der Waals surface area contributed by atoms with Gasteiger partial charge < -0.3 is 15.4 Å². The molecule has 0 aliphatic heterocycles. The van der Waals surface area contributed by atoms with Crippen molar-refractivity contribution >= 4 is 29.1 Å². The van der Waals surface area contributed by atoms with Crippen molar-refractivity contribution < 1.29 is 27.5 Å². The minimum absolute atomic E-state index is 0.102. The average molecular weight is 415 g/mol. The van der Waals surface area contributed by atoms with Gasteiger partial charge in [-0.3, -0.25) is 9.59 Å². The highest BCUT2D eigenvalue weighted by Crippen LogP contribution is 2.24. The SMILES string of the molecule is CCCNC(=O)c1ccc(Cl)cc1NC(=O)Cc1ccc(OC(F)(F)F)cc1. The molecule has 9 heteroatoms. The van der Waals surface area contributed by atoms with E-state index in [9.17, 15) is 22.8 Å². The number of rotatable bonds is 7. The molecular weight excluding hydrogens is 397 g/mol. The van der Waals surface area contributed by atoms with Crippen LogP contribution < -0.4 is 15.4 Å². The lowest BCUT2D eigenvalue weighted by molar-refractivity contribution is -0.274. The first-order valence-corrected chi connectivity index (χ1v) is 8.78. The van der Waals surface area contributed by atoms with Crippen LogP contribution in [0, 0.1) is 0 Å². The number of carbonyl (C=O) groups is 2. The Morgan fingerprint density at radius 3 is 2.39 bits per heavy atom. The number of nitrogens with one attached hydrogen (secondary N) is 2. The molecule has 0 heterocycles. The van der Waals surface area contributed by atoms with Crippen LogP contribution in [0.5, 0.6) is 5.75 Å². The molecule has 2 N–H and O–H groups in total. The number of carbonyl (C=O) groups excluding carboxylic acids is 2. The minimum atomic E-state index is -4.78. The topological polar surface area (TPSA) is 67.4 Å². The Bertz CT molecular complexity index is 839. The average Bonchev–Trinajstić information content (AvgIpc) is 2.60. The number of halogens is 4. The summed E-state index contributed by atoms with van der Waals surface area (Å²) in [6, 6.07) is 9.46. The van der Waals surface area contributed by atoms with E-state index < -0.39 is 12.3 Å². The molecule has 0 aromatic heterocycles. The molecule has 0 aliphatic carbocycles. The number of alkyl halides is 3. The van der Waals surface area contributed by atoms with Crippen LogP contribution in [0.15, 0.2) is 42.5 Å². The van der Waals surface area contributed by atoms with E-state index in [1.807, 2.05) is 6.92 Å². The van der Waals surface area contributed by atoms with Gasteiger partial charge in [0.1, 0.15) is 5.75 Å². The molecule has 2 rings (SSSR count). The van der Waals surface area contributed by atoms with Gasteiger partial charge in [0.15, 0.2) is 0 Å². The van der Waals surface area contributed by atoms with Crippen molar-refractivity contribution in [2.24, 2.45) is 0 Å². The number of ether oxygens (including phenoxy) is 1. The van der Waals surface area contributed by atoms with E-state index in [0.717, 1.165) is 18.6 Å². The molecule has 0 atom stereocenters. The Labute approximate surface area is 164 Å². The van der Waals surface area contributed by atoms with E-state index >= 15 is 0 Å². The molecule has 0 aliphatic rings. The molecule has 0 saturated carbocycles. The zero-order valence-corrected chi connectivity index (χ0v) is 15.7. The molecule has 5 nitrogen and oxygen atoms in total. The van der Waals surface area contributed by atoms with Crippen molar-refractivity contribution in [2.75, 3.05) is 11.9 Å². The van der Waals surface area contributed by atoms with Crippen LogP contribution in [0.1, 0.15) is 29.3 Å². The van der Waals surface area contributed by atoms with Gasteiger partial charge in [0.05, 0.1) is 17.7 Å². The van der Waals surface area contributed by atoms with Crippen molar-refractivity contribution in [3.05, 3.63) is 58.6 Å². The second-order valence-corrected chi connectivity index (χ2v) is 6.30. The lowest BCUT2D eigenvalue weighted by Gasteiger charge is -2.12. The van der Waals surface area contributed by atoms with Crippen LogP contribution in [0.2, 0.25) is 5.02 Å². The van der Waals surface area contributed by atoms with Crippen molar-refractivity contribution in [3.8, 4) is 5.75 Å². The molecule has 2 aromatic carbocycles. The normalized spacial score (nSPS) is 11.0. The minimum Gasteiger partial charge on any atom is -0.406 e. The number of amides is 2. The number of benzene rings is 2. The van der Waals surface area contributed by atoms with Gasteiger partial charge in [0.25, 0.3) is 5.91 Å². The van der Waals surface area contributed by atoms with E-state index in [0.29, 0.717) is 17.1 Å². The summed E-state index contributed by atoms with van der Waals surface area (Å²) < 4.78 is 40.3. The number of hydrogen-bond donors (Lipinski definition) is 2. The molecule has 150 valence electrons. The van der Waals surface area contributed by atoms with E-state index in [2.05, 4.69) is 15.4 Å². The van der Waals surface area contributed by atoms with Crippen LogP contribution in [-0.2, 0) is 11.2 Å². The molecule has 0 unspecified atom stereocenters. The van der Waals surface area contributed by atoms with Gasteiger partial charge in [-0.15, -0.1) is 13.2 Å². The van der Waals surface area contributed by atoms with Gasteiger partial charge in [-0.2, -0.15) is 0 Å². The largest absolute Gasteiger partial charge is 0.573 e. The smallest absolute Gasteiger partial charge is 0.406 e. The Morgan fingerprint density at radius 1 is 1.11 bits per heavy atom. The molecule has 28 heavy (non-hydrogen) atoms. The predicted molar refractivity (Wildman–Crippen MR) is 99.5 cm³/mol. The predicted octanol–water partition coefficient (Wildman–Crippen LogP) is 4.56. The maximum absolute atomic E-state index is 12.3. The summed E-state index contributed by atoms with van der Waals surface area (Å²) in [4.78, 5) is 24.5. The van der Waals surface area contributed by atoms with Gasteiger partial charge in [-0.1, -0.05) is 30.7 Å². The molecule has 2 aromatic rings. The number of hydrogen-bond acceptors (Lipinski definition) is 3. The van der Waals surface area contributed by atoms with Crippen molar-refractivity contribution in [1.29, 1.82) is 0 Å². The fraction of sp³-hybridized carbons (Fsp3) is 0.263. The van der Waals surface area contributed by atoms with E-state index in [1.54, 1.807) is 0 Å². The zero-order chi connectivity index (χ0) is 20.7. The summed E-state index contributed by atoms with van der Waals surface area (Å²) in [5, 5.41) is 5.68. The van der Waals surface area contributed by atoms with Gasteiger partial charge >= 0.3 is 6.36 Å². The first-order valence-electron chi connectivity index (χ1n) is 8.40. The fourth-order valence-corrected chi connectivity index (χ4v) is 2.51. The molecule has 0 saturated heterocycles. The fourth-order valence-electron chi connectivity index (χ4n) is 2.34. The van der Waals surface area contributed by atoms with Gasteiger partial charge in [0.2, 0.25) is 5.91 Å². The molecule has 0 spiro atoms. The first kappa shape index (κ1) is 21.6. The highest BCUT2D eigenvalue weighted by molar-refractivity contribution is 6.31. The van der Waals surface area contributed by atoms with E-state index in [4.69, 9.17) is 11.6 Å². The maximum atomic E-state index is 12.3. The zero-order valence-electron chi connectivity index (χ0n) is 14.9. The molecule has 0 fully saturated rings. The summed E-state index contributed by atoms with van der Waals surface area (Å²) in [6.07, 6.45) is -4.12. The Kier molecular flexibility index (Phi) is 7.28. The van der Waals surface area contributed by atoms with Crippen LogP contribution in [-0.4, -0.2) is 24.7 Å². The summed E-state index contributed by atoms with van der Waals surface area (Å²) in [5.41, 5.74) is 0.995. The van der Waals surface area contributed by atoms with Gasteiger partial charge in [0, 0.05) is 11.6 Å². The van der Waals surface area contributed by atoms with Gasteiger partial charge in [-0.25, -0.2) is 0 Å². The molecule has 0 bridgehead atoms. The Balaban J connectivity index is 2.06. The Hall–Kier alpha value is -2.74.